The van der Waals surface area contributed by atoms with Crippen LogP contribution in [0.3, 0.4) is 0 Å². The Morgan fingerprint density at radius 3 is 2.14 bits per heavy atom. The van der Waals surface area contributed by atoms with Gasteiger partial charge in [-0.1, -0.05) is 48.5 Å². The summed E-state index contributed by atoms with van der Waals surface area (Å²) in [6.07, 6.45) is 0. The van der Waals surface area contributed by atoms with Crippen molar-refractivity contribution in [3.63, 3.8) is 0 Å². The highest BCUT2D eigenvalue weighted by atomic mass is 19.1. The van der Waals surface area contributed by atoms with Crippen LogP contribution in [-0.2, 0) is 6.61 Å². The van der Waals surface area contributed by atoms with Gasteiger partial charge in [-0.05, 0) is 44.6 Å². The molecular weight excluding hydrogens is 263 g/mol. The lowest BCUT2D eigenvalue weighted by atomic mass is 9.93. The van der Waals surface area contributed by atoms with Crippen LogP contribution in [0.1, 0.15) is 5.56 Å². The van der Waals surface area contributed by atoms with E-state index in [0.717, 1.165) is 32.5 Å². The lowest BCUT2D eigenvalue weighted by molar-refractivity contribution is 0.285. The third-order valence-electron chi connectivity index (χ3n) is 4.10. The van der Waals surface area contributed by atoms with E-state index < -0.39 is 0 Å². The first-order valence-electron chi connectivity index (χ1n) is 6.92. The molecule has 0 saturated heterocycles. The molecule has 2 heteroatoms. The lowest BCUT2D eigenvalue weighted by Crippen LogP contribution is -1.92. The maximum atomic E-state index is 14.4. The molecule has 1 N–H and O–H groups in total. The Kier molecular flexibility index (Phi) is 2.66. The number of aliphatic hydroxyl groups is 1. The molecule has 0 aliphatic rings. The van der Waals surface area contributed by atoms with Crippen LogP contribution in [-0.4, -0.2) is 5.11 Å². The van der Waals surface area contributed by atoms with Gasteiger partial charge in [0, 0.05) is 5.39 Å². The largest absolute Gasteiger partial charge is 0.392 e. The van der Waals surface area contributed by atoms with Crippen LogP contribution < -0.4 is 0 Å². The van der Waals surface area contributed by atoms with Gasteiger partial charge in [0.25, 0.3) is 0 Å². The molecule has 4 aromatic carbocycles. The molecule has 4 aromatic rings. The zero-order valence-corrected chi connectivity index (χ0v) is 11.3. The predicted octanol–water partition coefficient (Wildman–Crippen LogP) is 4.78. The monoisotopic (exact) mass is 276 g/mol. The van der Waals surface area contributed by atoms with Crippen LogP contribution in [0, 0.1) is 5.82 Å². The number of aliphatic hydroxyl groups excluding tert-OH is 1. The molecule has 0 amide bonds. The van der Waals surface area contributed by atoms with Crippen molar-refractivity contribution in [3.05, 3.63) is 72.0 Å². The number of halogens is 1. The molecule has 21 heavy (non-hydrogen) atoms. The SMILES string of the molecule is OCc1c2ccccc2cc2c1cc(F)c1ccccc12. The minimum atomic E-state index is -0.247. The van der Waals surface area contributed by atoms with Crippen molar-refractivity contribution in [1.29, 1.82) is 0 Å². The van der Waals surface area contributed by atoms with Crippen LogP contribution in [0.4, 0.5) is 4.39 Å². The number of rotatable bonds is 1. The van der Waals surface area contributed by atoms with E-state index in [4.69, 9.17) is 0 Å². The average molecular weight is 276 g/mol. The van der Waals surface area contributed by atoms with Crippen LogP contribution >= 0.6 is 0 Å². The van der Waals surface area contributed by atoms with Gasteiger partial charge in [0.2, 0.25) is 0 Å². The van der Waals surface area contributed by atoms with Crippen LogP contribution in [0.5, 0.6) is 0 Å². The Hall–Kier alpha value is -2.45. The third kappa shape index (κ3) is 1.73. The van der Waals surface area contributed by atoms with Crippen molar-refractivity contribution in [2.45, 2.75) is 6.61 Å². The second-order valence-corrected chi connectivity index (χ2v) is 5.23. The van der Waals surface area contributed by atoms with Crippen molar-refractivity contribution >= 4 is 32.3 Å². The van der Waals surface area contributed by atoms with Gasteiger partial charge >= 0.3 is 0 Å². The van der Waals surface area contributed by atoms with E-state index in [1.165, 1.54) is 6.07 Å². The summed E-state index contributed by atoms with van der Waals surface area (Å²) < 4.78 is 14.4. The van der Waals surface area contributed by atoms with Gasteiger partial charge in [-0.3, -0.25) is 0 Å². The Bertz CT molecular complexity index is 989. The second-order valence-electron chi connectivity index (χ2n) is 5.23. The minimum Gasteiger partial charge on any atom is -0.392 e. The van der Waals surface area contributed by atoms with E-state index in [9.17, 15) is 9.50 Å². The van der Waals surface area contributed by atoms with Gasteiger partial charge in [0.05, 0.1) is 6.61 Å². The fourth-order valence-electron chi connectivity index (χ4n) is 3.13. The molecule has 0 radical (unpaired) electrons. The maximum absolute atomic E-state index is 14.4. The zero-order valence-electron chi connectivity index (χ0n) is 11.3. The van der Waals surface area contributed by atoms with Crippen LogP contribution in [0.25, 0.3) is 32.3 Å². The predicted molar refractivity (Wildman–Crippen MR) is 84.8 cm³/mol. The van der Waals surface area contributed by atoms with E-state index in [1.54, 1.807) is 6.07 Å². The van der Waals surface area contributed by atoms with E-state index >= 15 is 0 Å². The molecule has 0 fully saturated rings. The summed E-state index contributed by atoms with van der Waals surface area (Å²) in [6.45, 7) is -0.102. The molecule has 102 valence electrons. The number of hydrogen-bond acceptors (Lipinski definition) is 1. The summed E-state index contributed by atoms with van der Waals surface area (Å²) >= 11 is 0. The Labute approximate surface area is 121 Å². The molecule has 4 rings (SSSR count). The topological polar surface area (TPSA) is 20.2 Å². The smallest absolute Gasteiger partial charge is 0.131 e. The highest BCUT2D eigenvalue weighted by Gasteiger charge is 2.12. The first-order chi connectivity index (χ1) is 10.3. The maximum Gasteiger partial charge on any atom is 0.131 e. The molecule has 0 heterocycles. The normalized spacial score (nSPS) is 11.5. The molecule has 0 bridgehead atoms. The first-order valence-corrected chi connectivity index (χ1v) is 6.92. The summed E-state index contributed by atoms with van der Waals surface area (Å²) in [5.41, 5.74) is 0.785. The van der Waals surface area contributed by atoms with E-state index in [2.05, 4.69) is 6.07 Å². The second kappa shape index (κ2) is 4.54. The summed E-state index contributed by atoms with van der Waals surface area (Å²) in [5.74, 6) is -0.247. The molecule has 0 aliphatic carbocycles. The first kappa shape index (κ1) is 12.3. The highest BCUT2D eigenvalue weighted by molar-refractivity contribution is 6.14. The molecular formula is C19H13FO. The number of fused-ring (bicyclic) bond motifs is 4. The highest BCUT2D eigenvalue weighted by Crippen LogP contribution is 2.34. The molecule has 0 aliphatic heterocycles. The van der Waals surface area contributed by atoms with Gasteiger partial charge < -0.3 is 5.11 Å². The van der Waals surface area contributed by atoms with E-state index in [1.807, 2.05) is 42.5 Å². The summed E-state index contributed by atoms with van der Waals surface area (Å²) in [5, 5.41) is 15.1. The summed E-state index contributed by atoms with van der Waals surface area (Å²) in [6, 6.07) is 19.0. The van der Waals surface area contributed by atoms with Gasteiger partial charge in [-0.25, -0.2) is 4.39 Å². The average Bonchev–Trinajstić information content (AvgIpc) is 2.53. The fraction of sp³-hybridized carbons (Fsp3) is 0.0526. The standard InChI is InChI=1S/C19H13FO/c20-19-10-17-16(14-7-3-4-8-15(14)19)9-12-5-1-2-6-13(12)18(17)11-21/h1-10,21H,11H2. The summed E-state index contributed by atoms with van der Waals surface area (Å²) in [7, 11) is 0. The Balaban J connectivity index is 2.33. The van der Waals surface area contributed by atoms with Crippen LogP contribution in [0.2, 0.25) is 0 Å². The van der Waals surface area contributed by atoms with Crippen molar-refractivity contribution in [1.82, 2.24) is 0 Å². The van der Waals surface area contributed by atoms with E-state index in [-0.39, 0.29) is 12.4 Å². The minimum absolute atomic E-state index is 0.102. The van der Waals surface area contributed by atoms with Crippen molar-refractivity contribution in [2.24, 2.45) is 0 Å². The molecule has 0 saturated carbocycles. The Morgan fingerprint density at radius 2 is 1.38 bits per heavy atom. The van der Waals surface area contributed by atoms with Gasteiger partial charge in [-0.15, -0.1) is 0 Å². The quantitative estimate of drug-likeness (QED) is 0.392. The van der Waals surface area contributed by atoms with E-state index in [0.29, 0.717) is 5.39 Å². The molecule has 0 spiro atoms. The number of benzene rings is 4. The zero-order chi connectivity index (χ0) is 14.4. The summed E-state index contributed by atoms with van der Waals surface area (Å²) in [4.78, 5) is 0. The lowest BCUT2D eigenvalue weighted by Gasteiger charge is -2.12. The molecule has 1 nitrogen and oxygen atoms in total. The molecule has 0 unspecified atom stereocenters. The number of hydrogen-bond donors (Lipinski definition) is 1. The fourth-order valence-corrected chi connectivity index (χ4v) is 3.13. The van der Waals surface area contributed by atoms with Gasteiger partial charge in [-0.2, -0.15) is 0 Å². The Morgan fingerprint density at radius 1 is 0.714 bits per heavy atom. The van der Waals surface area contributed by atoms with Gasteiger partial charge in [0.15, 0.2) is 0 Å². The van der Waals surface area contributed by atoms with Gasteiger partial charge in [0.1, 0.15) is 5.82 Å². The van der Waals surface area contributed by atoms with Crippen molar-refractivity contribution in [2.75, 3.05) is 0 Å². The molecule has 0 aromatic heterocycles. The van der Waals surface area contributed by atoms with Crippen LogP contribution in [0.15, 0.2) is 60.7 Å². The van der Waals surface area contributed by atoms with Crippen molar-refractivity contribution in [3.8, 4) is 0 Å². The molecule has 0 atom stereocenters. The van der Waals surface area contributed by atoms with Crippen molar-refractivity contribution < 1.29 is 9.50 Å². The third-order valence-corrected chi connectivity index (χ3v) is 4.10.